The van der Waals surface area contributed by atoms with E-state index in [9.17, 15) is 18.0 Å². The van der Waals surface area contributed by atoms with Crippen LogP contribution in [0.15, 0.2) is 59.6 Å². The van der Waals surface area contributed by atoms with E-state index >= 15 is 0 Å². The average Bonchev–Trinajstić information content (AvgIpc) is 3.73. The van der Waals surface area contributed by atoms with E-state index in [0.29, 0.717) is 27.7 Å². The van der Waals surface area contributed by atoms with Crippen molar-refractivity contribution in [3.63, 3.8) is 0 Å². The number of thioether (sulfide) groups is 1. The molecule has 1 spiro atoms. The lowest BCUT2D eigenvalue weighted by Gasteiger charge is -2.48. The van der Waals surface area contributed by atoms with Crippen LogP contribution in [0.5, 0.6) is 5.75 Å². The molecule has 6 atom stereocenters. The summed E-state index contributed by atoms with van der Waals surface area (Å²) in [5, 5.41) is 21.6. The molecule has 12 nitrogen and oxygen atoms in total. The fourth-order valence-electron chi connectivity index (χ4n) is 10.4. The molecular weight excluding hydrogens is 837 g/mol. The fraction of sp³-hybridized carbons (Fsp3) is 0.556. The largest absolute Gasteiger partial charge is 0.490 e. The number of amidine groups is 1. The third kappa shape index (κ3) is 8.44. The van der Waals surface area contributed by atoms with Crippen LogP contribution >= 0.6 is 23.4 Å². The smallest absolute Gasteiger partial charge is 0.422 e. The second-order valence-corrected chi connectivity index (χ2v) is 19.9. The second kappa shape index (κ2) is 17.2. The molecule has 0 radical (unpaired) electrons. The van der Waals surface area contributed by atoms with Gasteiger partial charge in [0.05, 0.1) is 28.3 Å². The molecule has 3 saturated heterocycles. The van der Waals surface area contributed by atoms with Crippen molar-refractivity contribution in [1.29, 1.82) is 5.26 Å². The number of nitrogens with one attached hydrogen (secondary N) is 3. The number of benzene rings is 2. The van der Waals surface area contributed by atoms with E-state index in [4.69, 9.17) is 21.6 Å². The normalized spacial score (nSPS) is 29.5. The molecular formula is C45H53ClF3N10O2S+. The summed E-state index contributed by atoms with van der Waals surface area (Å²) in [7, 11) is 0. The first-order valence-electron chi connectivity index (χ1n) is 21.9. The zero-order chi connectivity index (χ0) is 43.3. The van der Waals surface area contributed by atoms with Crippen molar-refractivity contribution in [1.82, 2.24) is 26.4 Å². The number of hydrogen-bond acceptors (Lipinski definition) is 11. The van der Waals surface area contributed by atoms with Gasteiger partial charge < -0.3 is 19.9 Å². The van der Waals surface area contributed by atoms with Gasteiger partial charge >= 0.3 is 6.18 Å². The first-order chi connectivity index (χ1) is 29.8. The number of aliphatic imine (C=N–C) groups is 1. The van der Waals surface area contributed by atoms with Crippen LogP contribution in [0, 0.1) is 28.6 Å². The Bertz CT molecular complexity index is 2250. The molecule has 0 bridgehead atoms. The summed E-state index contributed by atoms with van der Waals surface area (Å²) in [6.45, 7) is 9.71. The van der Waals surface area contributed by atoms with E-state index in [-0.39, 0.29) is 57.9 Å². The number of alkyl halides is 3. The van der Waals surface area contributed by atoms with E-state index in [0.717, 1.165) is 94.6 Å². The van der Waals surface area contributed by atoms with Crippen molar-refractivity contribution >= 4 is 52.3 Å². The van der Waals surface area contributed by atoms with Gasteiger partial charge in [-0.2, -0.15) is 23.9 Å². The summed E-state index contributed by atoms with van der Waals surface area (Å²) in [5.41, 5.74) is 9.06. The molecule has 1 aliphatic carbocycles. The number of carbonyl (C=O) groups excluding carboxylic acids is 1. The molecule has 6 aliphatic rings. The van der Waals surface area contributed by atoms with Gasteiger partial charge in [-0.1, -0.05) is 37.6 Å². The number of anilines is 2. The molecule has 62 heavy (non-hydrogen) atoms. The number of aromatic nitrogens is 2. The molecule has 1 aromatic heterocycles. The summed E-state index contributed by atoms with van der Waals surface area (Å²) in [4.78, 5) is 22.4. The van der Waals surface area contributed by atoms with Crippen molar-refractivity contribution in [3.8, 4) is 11.8 Å². The Morgan fingerprint density at radius 2 is 1.76 bits per heavy atom. The number of halogens is 4. The minimum atomic E-state index is -4.54. The molecule has 4 fully saturated rings. The summed E-state index contributed by atoms with van der Waals surface area (Å²) in [6.07, 6.45) is 2.51. The van der Waals surface area contributed by atoms with Crippen molar-refractivity contribution in [2.75, 3.05) is 36.0 Å². The molecule has 1 amide bonds. The predicted octanol–water partition coefficient (Wildman–Crippen LogP) is 7.32. The predicted molar refractivity (Wildman–Crippen MR) is 235 cm³/mol. The van der Waals surface area contributed by atoms with Crippen LogP contribution < -0.4 is 30.7 Å². The Labute approximate surface area is 369 Å². The lowest BCUT2D eigenvalue weighted by molar-refractivity contribution is -0.577. The lowest BCUT2D eigenvalue weighted by Crippen LogP contribution is -2.50. The zero-order valence-electron chi connectivity index (χ0n) is 35.2. The zero-order valence-corrected chi connectivity index (χ0v) is 36.7. The highest BCUT2D eigenvalue weighted by Crippen LogP contribution is 2.48. The number of amides is 1. The van der Waals surface area contributed by atoms with Gasteiger partial charge in [-0.05, 0) is 112 Å². The Morgan fingerprint density at radius 1 is 1.00 bits per heavy atom. The Morgan fingerprint density at radius 3 is 2.44 bits per heavy atom. The summed E-state index contributed by atoms with van der Waals surface area (Å²) >= 11 is 7.90. The molecule has 3 aromatic rings. The number of piperidine rings is 2. The van der Waals surface area contributed by atoms with Crippen molar-refractivity contribution in [2.24, 2.45) is 22.2 Å². The first-order valence-corrected chi connectivity index (χ1v) is 23.2. The van der Waals surface area contributed by atoms with Gasteiger partial charge in [0, 0.05) is 49.2 Å². The maximum absolute atomic E-state index is 14.6. The van der Waals surface area contributed by atoms with E-state index in [1.165, 1.54) is 0 Å². The van der Waals surface area contributed by atoms with Crippen molar-refractivity contribution in [3.05, 3.63) is 76.4 Å². The number of nitriles is 1. The van der Waals surface area contributed by atoms with Crippen molar-refractivity contribution in [2.45, 2.75) is 113 Å². The highest BCUT2D eigenvalue weighted by molar-refractivity contribution is 8.00. The molecule has 3 N–H and O–H groups in total. The van der Waals surface area contributed by atoms with Crippen LogP contribution in [0.2, 0.25) is 5.02 Å². The van der Waals surface area contributed by atoms with E-state index in [1.807, 2.05) is 29.7 Å². The molecule has 6 unspecified atom stereocenters. The van der Waals surface area contributed by atoms with Crippen LogP contribution in [0.3, 0.4) is 0 Å². The van der Waals surface area contributed by atoms with Crippen LogP contribution in [-0.4, -0.2) is 99.6 Å². The third-order valence-corrected chi connectivity index (χ3v) is 16.1. The first kappa shape index (κ1) is 42.7. The maximum Gasteiger partial charge on any atom is 0.422 e. The molecule has 17 heteroatoms. The number of nitrogens with zero attached hydrogens (tertiary/aromatic N) is 7. The molecule has 1 saturated carbocycles. The minimum Gasteiger partial charge on any atom is -0.490 e. The van der Waals surface area contributed by atoms with Crippen LogP contribution in [0.25, 0.3) is 0 Å². The van der Waals surface area contributed by atoms with E-state index in [1.54, 1.807) is 36.0 Å². The number of rotatable bonds is 7. The molecule has 328 valence electrons. The highest BCUT2D eigenvalue weighted by Gasteiger charge is 2.58. The SMILES string of the molecule is CC1SC2C(C(c3ccc(N4CCC5(CCCN(c6ccc(C(=O)NC7CCC(Oc8ccc(C#N)c(Cl)c8)CC7)nn6)C5)CC4)cc3)=NC(C(F)(F)F)C3=[N+]2C(C)NN3)C1C. The van der Waals surface area contributed by atoms with Crippen molar-refractivity contribution < 1.29 is 27.3 Å². The number of fused-ring (bicyclic) bond motifs is 2. The standard InChI is InChI=1S/C45H52ClF3N10O2S/c1-26-27(2)62-43-38(26)39(52-40(45(47,48)49)41-56-53-28(3)59(41)43)29-5-10-32(11-6-29)57-21-18-44(19-22-57)17-4-20-58(25-44)37-16-15-36(54-55-37)42(60)51-31-8-13-33(14-9-31)61-34-12-7-30(24-50)35(46)23-34/h5-7,10-12,15-16,23,26-28,31,33,38,40,43,53H,4,8-9,13-14,17-22,25H2,1-3H3,(H,51,60)/p+1. The number of ether oxygens (including phenoxy) is 1. The molecule has 2 aromatic carbocycles. The number of carbonyl (C=O) groups is 1. The molecule has 5 aliphatic heterocycles. The fourth-order valence-corrected chi connectivity index (χ4v) is 12.5. The van der Waals surface area contributed by atoms with Gasteiger partial charge in [-0.25, -0.2) is 4.58 Å². The van der Waals surface area contributed by atoms with E-state index in [2.05, 4.69) is 73.2 Å². The van der Waals surface area contributed by atoms with E-state index < -0.39 is 12.2 Å². The monoisotopic (exact) mass is 889 g/mol. The summed E-state index contributed by atoms with van der Waals surface area (Å²) in [5.74, 6) is 1.26. The second-order valence-electron chi connectivity index (χ2n) is 18.0. The van der Waals surface area contributed by atoms with Crippen LogP contribution in [-0.2, 0) is 0 Å². The summed E-state index contributed by atoms with van der Waals surface area (Å²) < 4.78 is 51.9. The number of hydrogen-bond donors (Lipinski definition) is 3. The Kier molecular flexibility index (Phi) is 11.8. The van der Waals surface area contributed by atoms with Gasteiger partial charge in [0.1, 0.15) is 11.8 Å². The topological polar surface area (TPSA) is 134 Å². The Balaban J connectivity index is 0.792. The molecule has 6 heterocycles. The molecule has 9 rings (SSSR count). The quantitative estimate of drug-likeness (QED) is 0.207. The van der Waals surface area contributed by atoms with Gasteiger partial charge in [0.25, 0.3) is 11.7 Å². The highest BCUT2D eigenvalue weighted by atomic mass is 35.5. The van der Waals surface area contributed by atoms with Gasteiger partial charge in [-0.15, -0.1) is 27.4 Å². The van der Waals surface area contributed by atoms with Crippen LogP contribution in [0.1, 0.15) is 93.8 Å². The third-order valence-electron chi connectivity index (χ3n) is 14.1. The van der Waals surface area contributed by atoms with Gasteiger partial charge in [-0.3, -0.25) is 9.79 Å². The summed E-state index contributed by atoms with van der Waals surface area (Å²) in [6, 6.07) is 16.9. The lowest BCUT2D eigenvalue weighted by atomic mass is 9.72. The van der Waals surface area contributed by atoms with Gasteiger partial charge in [0.15, 0.2) is 23.1 Å². The average molecular weight is 891 g/mol. The van der Waals surface area contributed by atoms with Crippen LogP contribution in [0.4, 0.5) is 24.7 Å². The Hall–Kier alpha value is -4.59. The maximum atomic E-state index is 14.6. The van der Waals surface area contributed by atoms with Gasteiger partial charge in [0.2, 0.25) is 6.04 Å². The minimum absolute atomic E-state index is 0.0106. The number of hydrazine groups is 1.